The summed E-state index contributed by atoms with van der Waals surface area (Å²) in [6.07, 6.45) is 6.18. The maximum Gasteiger partial charge on any atom is 0.310 e. The monoisotopic (exact) mass is 360 g/mol. The standard InChI is InChI=1S/C23H36O3/c1-8-18(24)26-17-14-16(22(2,3)4)21(25)20(23(5,6)7)19(17)15-12-10-9-11-13-15/h14-15,25H,8-13H2,1-7H3. The molecule has 1 aliphatic rings. The van der Waals surface area contributed by atoms with Gasteiger partial charge in [0.1, 0.15) is 11.5 Å². The van der Waals surface area contributed by atoms with E-state index in [2.05, 4.69) is 41.5 Å². The highest BCUT2D eigenvalue weighted by Gasteiger charge is 2.34. The number of carbonyl (C=O) groups excluding carboxylic acids is 1. The zero-order chi connectivity index (χ0) is 19.7. The van der Waals surface area contributed by atoms with E-state index in [0.29, 0.717) is 23.8 Å². The molecule has 1 fully saturated rings. The number of carbonyl (C=O) groups is 1. The SMILES string of the molecule is CCC(=O)Oc1cc(C(C)(C)C)c(O)c(C(C)(C)C)c1C1CCCCC1. The van der Waals surface area contributed by atoms with Gasteiger partial charge in [-0.25, -0.2) is 0 Å². The molecule has 0 aromatic heterocycles. The number of rotatable bonds is 3. The third kappa shape index (κ3) is 4.42. The van der Waals surface area contributed by atoms with Gasteiger partial charge in [0.05, 0.1) is 0 Å². The minimum Gasteiger partial charge on any atom is -0.507 e. The fourth-order valence-electron chi connectivity index (χ4n) is 4.07. The van der Waals surface area contributed by atoms with E-state index in [1.54, 1.807) is 0 Å². The lowest BCUT2D eigenvalue weighted by Gasteiger charge is -2.34. The summed E-state index contributed by atoms with van der Waals surface area (Å²) in [6, 6.07) is 1.92. The van der Waals surface area contributed by atoms with E-state index < -0.39 is 0 Å². The molecule has 0 spiro atoms. The first-order valence-corrected chi connectivity index (χ1v) is 10.1. The molecule has 0 unspecified atom stereocenters. The smallest absolute Gasteiger partial charge is 0.310 e. The van der Waals surface area contributed by atoms with Gasteiger partial charge in [-0.1, -0.05) is 67.7 Å². The number of benzene rings is 1. The summed E-state index contributed by atoms with van der Waals surface area (Å²) in [6.45, 7) is 14.5. The molecule has 0 saturated heterocycles. The van der Waals surface area contributed by atoms with Crippen molar-refractivity contribution in [1.29, 1.82) is 0 Å². The van der Waals surface area contributed by atoms with Crippen molar-refractivity contribution in [3.63, 3.8) is 0 Å². The van der Waals surface area contributed by atoms with Gasteiger partial charge in [0.25, 0.3) is 0 Å². The Kier molecular flexibility index (Phi) is 6.09. The molecule has 0 atom stereocenters. The Morgan fingerprint density at radius 1 is 1.08 bits per heavy atom. The molecule has 1 aromatic rings. The number of aromatic hydroxyl groups is 1. The van der Waals surface area contributed by atoms with Crippen molar-refractivity contribution >= 4 is 5.97 Å². The fourth-order valence-corrected chi connectivity index (χ4v) is 4.07. The van der Waals surface area contributed by atoms with Gasteiger partial charge in [0.15, 0.2) is 0 Å². The lowest BCUT2D eigenvalue weighted by atomic mass is 9.72. The van der Waals surface area contributed by atoms with Crippen LogP contribution >= 0.6 is 0 Å². The Hall–Kier alpha value is -1.51. The van der Waals surface area contributed by atoms with Crippen molar-refractivity contribution in [3.8, 4) is 11.5 Å². The summed E-state index contributed by atoms with van der Waals surface area (Å²) in [7, 11) is 0. The second-order valence-electron chi connectivity index (χ2n) is 9.72. The van der Waals surface area contributed by atoms with Gasteiger partial charge in [-0.05, 0) is 35.7 Å². The van der Waals surface area contributed by atoms with Crippen molar-refractivity contribution in [2.75, 3.05) is 0 Å². The van der Waals surface area contributed by atoms with Crippen molar-refractivity contribution in [1.82, 2.24) is 0 Å². The summed E-state index contributed by atoms with van der Waals surface area (Å²) in [5.41, 5.74) is 2.40. The molecule has 1 aromatic carbocycles. The highest BCUT2D eigenvalue weighted by Crippen LogP contribution is 2.50. The number of ether oxygens (including phenoxy) is 1. The van der Waals surface area contributed by atoms with Crippen molar-refractivity contribution in [2.24, 2.45) is 0 Å². The van der Waals surface area contributed by atoms with Crippen LogP contribution in [0.4, 0.5) is 0 Å². The highest BCUT2D eigenvalue weighted by atomic mass is 16.5. The second-order valence-corrected chi connectivity index (χ2v) is 9.72. The number of hydrogen-bond acceptors (Lipinski definition) is 3. The van der Waals surface area contributed by atoms with E-state index in [-0.39, 0.29) is 16.8 Å². The van der Waals surface area contributed by atoms with E-state index in [0.717, 1.165) is 29.5 Å². The van der Waals surface area contributed by atoms with Crippen LogP contribution in [-0.4, -0.2) is 11.1 Å². The lowest BCUT2D eigenvalue weighted by molar-refractivity contribution is -0.134. The molecule has 3 nitrogen and oxygen atoms in total. The molecule has 3 heteroatoms. The molecule has 26 heavy (non-hydrogen) atoms. The molecule has 146 valence electrons. The highest BCUT2D eigenvalue weighted by molar-refractivity contribution is 5.73. The van der Waals surface area contributed by atoms with Crippen LogP contribution in [0.5, 0.6) is 11.5 Å². The van der Waals surface area contributed by atoms with Crippen LogP contribution in [0.25, 0.3) is 0 Å². The fraction of sp³-hybridized carbons (Fsp3) is 0.696. The average molecular weight is 361 g/mol. The Balaban J connectivity index is 2.78. The van der Waals surface area contributed by atoms with Gasteiger partial charge in [-0.15, -0.1) is 0 Å². The van der Waals surface area contributed by atoms with Crippen LogP contribution in [0, 0.1) is 0 Å². The normalized spacial score (nSPS) is 16.6. The van der Waals surface area contributed by atoms with Gasteiger partial charge in [0.2, 0.25) is 0 Å². The predicted octanol–water partition coefficient (Wildman–Crippen LogP) is 6.35. The topological polar surface area (TPSA) is 46.5 Å². The first-order chi connectivity index (χ1) is 12.0. The van der Waals surface area contributed by atoms with E-state index in [1.165, 1.54) is 19.3 Å². The van der Waals surface area contributed by atoms with Crippen molar-refractivity contribution in [2.45, 2.75) is 104 Å². The molecule has 0 bridgehead atoms. The minimum absolute atomic E-state index is 0.215. The van der Waals surface area contributed by atoms with E-state index in [1.807, 2.05) is 13.0 Å². The van der Waals surface area contributed by atoms with Crippen LogP contribution in [0.2, 0.25) is 0 Å². The largest absolute Gasteiger partial charge is 0.507 e. The van der Waals surface area contributed by atoms with Crippen LogP contribution in [0.15, 0.2) is 6.07 Å². The maximum absolute atomic E-state index is 12.1. The molecule has 0 amide bonds. The first-order valence-electron chi connectivity index (χ1n) is 10.1. The van der Waals surface area contributed by atoms with Gasteiger partial charge in [-0.3, -0.25) is 4.79 Å². The minimum atomic E-state index is -0.234. The predicted molar refractivity (Wildman–Crippen MR) is 107 cm³/mol. The van der Waals surface area contributed by atoms with Crippen LogP contribution in [-0.2, 0) is 15.6 Å². The summed E-state index contributed by atoms with van der Waals surface area (Å²) >= 11 is 0. The lowest BCUT2D eigenvalue weighted by Crippen LogP contribution is -2.23. The van der Waals surface area contributed by atoms with Gasteiger partial charge in [0, 0.05) is 23.1 Å². The molecule has 1 aliphatic carbocycles. The van der Waals surface area contributed by atoms with Crippen molar-refractivity contribution < 1.29 is 14.6 Å². The Bertz CT molecular complexity index is 654. The van der Waals surface area contributed by atoms with Crippen LogP contribution < -0.4 is 4.74 Å². The molecular weight excluding hydrogens is 324 g/mol. The number of hydrogen-bond donors (Lipinski definition) is 1. The van der Waals surface area contributed by atoms with E-state index in [4.69, 9.17) is 4.74 Å². The van der Waals surface area contributed by atoms with E-state index in [9.17, 15) is 9.90 Å². The van der Waals surface area contributed by atoms with Crippen LogP contribution in [0.1, 0.15) is 110 Å². The Morgan fingerprint density at radius 3 is 2.12 bits per heavy atom. The molecule has 1 N–H and O–H groups in total. The summed E-state index contributed by atoms with van der Waals surface area (Å²) in [5, 5.41) is 11.2. The Labute approximate surface area is 159 Å². The second kappa shape index (κ2) is 7.62. The number of esters is 1. The van der Waals surface area contributed by atoms with E-state index >= 15 is 0 Å². The average Bonchev–Trinajstić information content (AvgIpc) is 2.54. The molecule has 1 saturated carbocycles. The van der Waals surface area contributed by atoms with Gasteiger partial charge >= 0.3 is 5.97 Å². The first kappa shape index (κ1) is 20.8. The summed E-state index contributed by atoms with van der Waals surface area (Å²) in [4.78, 5) is 12.1. The third-order valence-electron chi connectivity index (χ3n) is 5.39. The molecule has 0 radical (unpaired) electrons. The molecule has 2 rings (SSSR count). The molecular formula is C23H36O3. The summed E-state index contributed by atoms with van der Waals surface area (Å²) < 4.78 is 5.82. The quantitative estimate of drug-likeness (QED) is 0.504. The zero-order valence-electron chi connectivity index (χ0n) is 17.7. The third-order valence-corrected chi connectivity index (χ3v) is 5.39. The molecule has 0 heterocycles. The number of phenolic OH excluding ortho intramolecular Hbond substituents is 1. The maximum atomic E-state index is 12.1. The zero-order valence-corrected chi connectivity index (χ0v) is 17.7. The molecule has 0 aliphatic heterocycles. The van der Waals surface area contributed by atoms with Gasteiger partial charge in [-0.2, -0.15) is 0 Å². The Morgan fingerprint density at radius 2 is 1.65 bits per heavy atom. The number of phenols is 1. The van der Waals surface area contributed by atoms with Crippen molar-refractivity contribution in [3.05, 3.63) is 22.8 Å². The van der Waals surface area contributed by atoms with Crippen LogP contribution in [0.3, 0.4) is 0 Å². The summed E-state index contributed by atoms with van der Waals surface area (Å²) in [5.74, 6) is 1.17. The van der Waals surface area contributed by atoms with Gasteiger partial charge < -0.3 is 9.84 Å².